The highest BCUT2D eigenvalue weighted by molar-refractivity contribution is 9.10. The van der Waals surface area contributed by atoms with Crippen molar-refractivity contribution in [1.82, 2.24) is 9.88 Å². The summed E-state index contributed by atoms with van der Waals surface area (Å²) >= 11 is 3.35. The Morgan fingerprint density at radius 3 is 2.84 bits per heavy atom. The highest BCUT2D eigenvalue weighted by Gasteiger charge is 2.34. The number of amides is 1. The summed E-state index contributed by atoms with van der Waals surface area (Å²) in [7, 11) is 0. The summed E-state index contributed by atoms with van der Waals surface area (Å²) in [4.78, 5) is 18.3. The van der Waals surface area contributed by atoms with Gasteiger partial charge in [-0.25, -0.2) is 4.98 Å². The zero-order chi connectivity index (χ0) is 13.2. The molecular weight excluding hydrogens is 308 g/mol. The summed E-state index contributed by atoms with van der Waals surface area (Å²) < 4.78 is 6.75. The minimum absolute atomic E-state index is 0.0812. The van der Waals surface area contributed by atoms with E-state index in [9.17, 15) is 4.79 Å². The van der Waals surface area contributed by atoms with Crippen LogP contribution >= 0.6 is 15.9 Å². The number of carbonyl (C=O) groups excluding carboxylic acids is 1. The van der Waals surface area contributed by atoms with Gasteiger partial charge in [-0.1, -0.05) is 6.42 Å². The van der Waals surface area contributed by atoms with Crippen molar-refractivity contribution in [1.29, 1.82) is 0 Å². The Labute approximate surface area is 121 Å². The molecule has 4 nitrogen and oxygen atoms in total. The minimum Gasteiger partial charge on any atom is -0.472 e. The van der Waals surface area contributed by atoms with Crippen molar-refractivity contribution in [3.63, 3.8) is 0 Å². The van der Waals surface area contributed by atoms with Gasteiger partial charge < -0.3 is 9.64 Å². The monoisotopic (exact) mass is 324 g/mol. The van der Waals surface area contributed by atoms with Crippen LogP contribution in [0.15, 0.2) is 22.8 Å². The summed E-state index contributed by atoms with van der Waals surface area (Å²) in [6.07, 6.45) is 6.03. The van der Waals surface area contributed by atoms with Crippen LogP contribution < -0.4 is 4.74 Å². The van der Waals surface area contributed by atoms with Crippen molar-refractivity contribution in [3.8, 4) is 5.88 Å². The first-order valence-electron chi connectivity index (χ1n) is 6.79. The number of likely N-dealkylation sites (tertiary alicyclic amines) is 1. The van der Waals surface area contributed by atoms with Crippen LogP contribution in [0, 0.1) is 5.92 Å². The molecule has 1 aliphatic heterocycles. The summed E-state index contributed by atoms with van der Waals surface area (Å²) in [5, 5.41) is 0. The van der Waals surface area contributed by atoms with Gasteiger partial charge in [0, 0.05) is 35.6 Å². The highest BCUT2D eigenvalue weighted by Crippen LogP contribution is 2.30. The normalized spacial score (nSPS) is 23.2. The summed E-state index contributed by atoms with van der Waals surface area (Å²) in [6.45, 7) is 1.52. The average Bonchev–Trinajstić information content (AvgIpc) is 2.78. The molecule has 0 aromatic carbocycles. The molecule has 1 atom stereocenters. The number of carbonyl (C=O) groups is 1. The van der Waals surface area contributed by atoms with Crippen LogP contribution in [0.3, 0.4) is 0 Å². The lowest BCUT2D eigenvalue weighted by Crippen LogP contribution is -2.38. The molecule has 19 heavy (non-hydrogen) atoms. The zero-order valence-electron chi connectivity index (χ0n) is 10.7. The van der Waals surface area contributed by atoms with E-state index in [-0.39, 0.29) is 12.0 Å². The topological polar surface area (TPSA) is 42.4 Å². The molecule has 2 heterocycles. The van der Waals surface area contributed by atoms with Gasteiger partial charge in [0.25, 0.3) is 0 Å². The maximum absolute atomic E-state index is 12.1. The van der Waals surface area contributed by atoms with E-state index < -0.39 is 0 Å². The fourth-order valence-electron chi connectivity index (χ4n) is 2.54. The largest absolute Gasteiger partial charge is 0.472 e. The van der Waals surface area contributed by atoms with Gasteiger partial charge >= 0.3 is 0 Å². The molecule has 1 aromatic rings. The average molecular weight is 325 g/mol. The number of nitrogens with zero attached hydrogens (tertiary/aromatic N) is 2. The number of halogens is 1. The molecule has 2 fully saturated rings. The van der Waals surface area contributed by atoms with Crippen molar-refractivity contribution in [2.75, 3.05) is 13.1 Å². The standard InChI is InChI=1S/C14H17BrN2O2/c15-11-4-5-13(16-8-11)19-12-6-7-17(9-12)14(18)10-2-1-3-10/h4-5,8,10,12H,1-3,6-7,9H2/t12-/m0/s1. The summed E-state index contributed by atoms with van der Waals surface area (Å²) in [5.41, 5.74) is 0. The van der Waals surface area contributed by atoms with Gasteiger partial charge in [-0.05, 0) is 34.8 Å². The molecule has 2 aliphatic rings. The predicted octanol–water partition coefficient (Wildman–Crippen LogP) is 2.62. The van der Waals surface area contributed by atoms with Crippen molar-refractivity contribution in [2.45, 2.75) is 31.8 Å². The molecule has 3 rings (SSSR count). The van der Waals surface area contributed by atoms with Crippen LogP contribution in [0.1, 0.15) is 25.7 Å². The lowest BCUT2D eigenvalue weighted by molar-refractivity contribution is -0.137. The van der Waals surface area contributed by atoms with Crippen LogP contribution in [-0.2, 0) is 4.79 Å². The molecule has 1 aromatic heterocycles. The second-order valence-corrected chi connectivity index (χ2v) is 6.17. The van der Waals surface area contributed by atoms with Crippen LogP contribution in [0.5, 0.6) is 5.88 Å². The third-order valence-corrected chi connectivity index (χ3v) is 4.37. The Kier molecular flexibility index (Phi) is 3.73. The Balaban J connectivity index is 1.54. The molecule has 0 N–H and O–H groups in total. The van der Waals surface area contributed by atoms with E-state index in [1.165, 1.54) is 6.42 Å². The van der Waals surface area contributed by atoms with Crippen molar-refractivity contribution >= 4 is 21.8 Å². The van der Waals surface area contributed by atoms with E-state index in [2.05, 4.69) is 20.9 Å². The first-order chi connectivity index (χ1) is 9.22. The number of rotatable bonds is 3. The molecule has 1 amide bonds. The van der Waals surface area contributed by atoms with Crippen molar-refractivity contribution in [2.24, 2.45) is 5.92 Å². The molecule has 0 bridgehead atoms. The van der Waals surface area contributed by atoms with E-state index in [1.54, 1.807) is 6.20 Å². The molecule has 0 spiro atoms. The Morgan fingerprint density at radius 1 is 1.37 bits per heavy atom. The number of pyridine rings is 1. The molecule has 102 valence electrons. The predicted molar refractivity (Wildman–Crippen MR) is 74.9 cm³/mol. The number of hydrogen-bond acceptors (Lipinski definition) is 3. The van der Waals surface area contributed by atoms with E-state index in [0.29, 0.717) is 18.3 Å². The highest BCUT2D eigenvalue weighted by atomic mass is 79.9. The third kappa shape index (κ3) is 2.91. The van der Waals surface area contributed by atoms with E-state index in [1.807, 2.05) is 17.0 Å². The fraction of sp³-hybridized carbons (Fsp3) is 0.571. The van der Waals surface area contributed by atoms with Gasteiger partial charge in [-0.2, -0.15) is 0 Å². The van der Waals surface area contributed by atoms with Gasteiger partial charge in [0.1, 0.15) is 6.10 Å². The number of hydrogen-bond donors (Lipinski definition) is 0. The quantitative estimate of drug-likeness (QED) is 0.858. The van der Waals surface area contributed by atoms with E-state index in [0.717, 1.165) is 30.3 Å². The van der Waals surface area contributed by atoms with Gasteiger partial charge in [0.05, 0.1) is 6.54 Å². The second-order valence-electron chi connectivity index (χ2n) is 5.26. The SMILES string of the molecule is O=C(C1CCC1)N1CC[C@H](Oc2ccc(Br)cn2)C1. The Morgan fingerprint density at radius 2 is 2.21 bits per heavy atom. The molecule has 0 unspecified atom stereocenters. The van der Waals surface area contributed by atoms with Gasteiger partial charge in [0.2, 0.25) is 11.8 Å². The van der Waals surface area contributed by atoms with Gasteiger partial charge in [-0.15, -0.1) is 0 Å². The van der Waals surface area contributed by atoms with E-state index in [4.69, 9.17) is 4.74 Å². The van der Waals surface area contributed by atoms with E-state index >= 15 is 0 Å². The maximum Gasteiger partial charge on any atom is 0.225 e. The number of aromatic nitrogens is 1. The molecule has 0 radical (unpaired) electrons. The Bertz CT molecular complexity index is 459. The minimum atomic E-state index is 0.0812. The maximum atomic E-state index is 12.1. The molecule has 1 aliphatic carbocycles. The molecule has 5 heteroatoms. The molecular formula is C14H17BrN2O2. The zero-order valence-corrected chi connectivity index (χ0v) is 12.3. The van der Waals surface area contributed by atoms with Crippen LogP contribution in [-0.4, -0.2) is 35.0 Å². The first-order valence-corrected chi connectivity index (χ1v) is 7.58. The number of ether oxygens (including phenoxy) is 1. The Hall–Kier alpha value is -1.10. The van der Waals surface area contributed by atoms with Crippen LogP contribution in [0.4, 0.5) is 0 Å². The summed E-state index contributed by atoms with van der Waals surface area (Å²) in [6, 6.07) is 3.76. The lowest BCUT2D eigenvalue weighted by atomic mass is 9.84. The van der Waals surface area contributed by atoms with Crippen LogP contribution in [0.2, 0.25) is 0 Å². The van der Waals surface area contributed by atoms with Crippen LogP contribution in [0.25, 0.3) is 0 Å². The summed E-state index contributed by atoms with van der Waals surface area (Å²) in [5.74, 6) is 1.23. The van der Waals surface area contributed by atoms with Crippen molar-refractivity contribution < 1.29 is 9.53 Å². The molecule has 1 saturated heterocycles. The third-order valence-electron chi connectivity index (χ3n) is 3.90. The van der Waals surface area contributed by atoms with Gasteiger partial charge in [-0.3, -0.25) is 4.79 Å². The van der Waals surface area contributed by atoms with Crippen molar-refractivity contribution in [3.05, 3.63) is 22.8 Å². The van der Waals surface area contributed by atoms with Gasteiger partial charge in [0.15, 0.2) is 0 Å². The lowest BCUT2D eigenvalue weighted by Gasteiger charge is -2.29. The second kappa shape index (κ2) is 5.49. The first kappa shape index (κ1) is 12.9. The fourth-order valence-corrected chi connectivity index (χ4v) is 2.78. The smallest absolute Gasteiger partial charge is 0.225 e. The molecule has 1 saturated carbocycles.